The Morgan fingerprint density at radius 3 is 3.00 bits per heavy atom. The van der Waals surface area contributed by atoms with Crippen molar-refractivity contribution < 1.29 is 9.59 Å². The summed E-state index contributed by atoms with van der Waals surface area (Å²) in [5.41, 5.74) is 2.62. The average molecular weight is 349 g/mol. The fraction of sp³-hybridized carbons (Fsp3) is 0.214. The first-order valence-corrected chi connectivity index (χ1v) is 7.31. The highest BCUT2D eigenvalue weighted by molar-refractivity contribution is 9.10. The van der Waals surface area contributed by atoms with Gasteiger partial charge in [-0.05, 0) is 30.2 Å². The fourth-order valence-electron chi connectivity index (χ4n) is 2.32. The van der Waals surface area contributed by atoms with E-state index in [-0.39, 0.29) is 6.54 Å². The highest BCUT2D eigenvalue weighted by Gasteiger charge is 2.29. The van der Waals surface area contributed by atoms with E-state index in [1.807, 2.05) is 18.2 Å². The molecule has 0 spiro atoms. The molecule has 0 aliphatic carbocycles. The molecule has 0 saturated heterocycles. The lowest BCUT2D eigenvalue weighted by Gasteiger charge is -2.16. The predicted molar refractivity (Wildman–Crippen MR) is 80.6 cm³/mol. The zero-order chi connectivity index (χ0) is 14.8. The van der Waals surface area contributed by atoms with Crippen molar-refractivity contribution >= 4 is 33.4 Å². The Morgan fingerprint density at radius 2 is 2.24 bits per heavy atom. The summed E-state index contributed by atoms with van der Waals surface area (Å²) in [4.78, 5) is 25.7. The number of anilines is 1. The Kier molecular flexibility index (Phi) is 3.74. The maximum atomic E-state index is 12.3. The minimum Gasteiger partial charge on any atom is -0.342 e. The molecule has 2 heterocycles. The predicted octanol–water partition coefficient (Wildman–Crippen LogP) is 1.38. The standard InChI is InChI=1S/C14H13BrN4O2/c15-10-2-1-9-4-6-19(12(9)7-10)14(21)13(20)16-8-11-3-5-17-18-11/h1-3,5,7H,4,6,8H2,(H,16,20)(H,17,18). The quantitative estimate of drug-likeness (QED) is 0.804. The molecule has 0 atom stereocenters. The van der Waals surface area contributed by atoms with Crippen LogP contribution in [-0.4, -0.2) is 28.6 Å². The van der Waals surface area contributed by atoms with Crippen LogP contribution in [-0.2, 0) is 22.6 Å². The molecule has 6 nitrogen and oxygen atoms in total. The number of hydrogen-bond acceptors (Lipinski definition) is 3. The minimum atomic E-state index is -0.613. The third-order valence-electron chi connectivity index (χ3n) is 3.38. The maximum Gasteiger partial charge on any atom is 0.316 e. The zero-order valence-electron chi connectivity index (χ0n) is 11.1. The van der Waals surface area contributed by atoms with E-state index in [0.29, 0.717) is 6.54 Å². The molecule has 108 valence electrons. The van der Waals surface area contributed by atoms with Crippen LogP contribution in [0.2, 0.25) is 0 Å². The monoisotopic (exact) mass is 348 g/mol. The summed E-state index contributed by atoms with van der Waals surface area (Å²) < 4.78 is 0.888. The normalized spacial score (nSPS) is 13.1. The lowest BCUT2D eigenvalue weighted by molar-refractivity contribution is -0.137. The van der Waals surface area contributed by atoms with Crippen molar-refractivity contribution in [2.24, 2.45) is 0 Å². The molecule has 2 aromatic rings. The van der Waals surface area contributed by atoms with Gasteiger partial charge in [-0.15, -0.1) is 0 Å². The summed E-state index contributed by atoms with van der Waals surface area (Å²) in [6, 6.07) is 7.51. The second-order valence-corrected chi connectivity index (χ2v) is 5.66. The Labute approximate surface area is 129 Å². The summed E-state index contributed by atoms with van der Waals surface area (Å²) >= 11 is 3.39. The van der Waals surface area contributed by atoms with Crippen LogP contribution in [0.5, 0.6) is 0 Å². The molecule has 0 saturated carbocycles. The molecule has 3 rings (SSSR count). The molecule has 7 heteroatoms. The molecular weight excluding hydrogens is 336 g/mol. The van der Waals surface area contributed by atoms with Crippen molar-refractivity contribution in [3.8, 4) is 0 Å². The summed E-state index contributed by atoms with van der Waals surface area (Å²) in [6.07, 6.45) is 2.36. The number of aromatic amines is 1. The number of nitrogens with zero attached hydrogens (tertiary/aromatic N) is 2. The zero-order valence-corrected chi connectivity index (χ0v) is 12.7. The highest BCUT2D eigenvalue weighted by Crippen LogP contribution is 2.30. The van der Waals surface area contributed by atoms with Gasteiger partial charge in [-0.1, -0.05) is 22.0 Å². The second kappa shape index (κ2) is 5.69. The van der Waals surface area contributed by atoms with Gasteiger partial charge in [0.25, 0.3) is 0 Å². The van der Waals surface area contributed by atoms with Crippen LogP contribution in [0, 0.1) is 0 Å². The van der Waals surface area contributed by atoms with Crippen LogP contribution in [0.25, 0.3) is 0 Å². The van der Waals surface area contributed by atoms with E-state index in [0.717, 1.165) is 27.8 Å². The van der Waals surface area contributed by atoms with E-state index in [1.54, 1.807) is 12.3 Å². The summed E-state index contributed by atoms with van der Waals surface area (Å²) in [6.45, 7) is 0.784. The molecule has 2 amide bonds. The summed E-state index contributed by atoms with van der Waals surface area (Å²) in [5, 5.41) is 9.11. The van der Waals surface area contributed by atoms with Crippen LogP contribution in [0.15, 0.2) is 34.9 Å². The highest BCUT2D eigenvalue weighted by atomic mass is 79.9. The number of carbonyl (C=O) groups excluding carboxylic acids is 2. The van der Waals surface area contributed by atoms with Gasteiger partial charge in [0.2, 0.25) is 0 Å². The first-order chi connectivity index (χ1) is 10.1. The first kappa shape index (κ1) is 13.8. The van der Waals surface area contributed by atoms with Gasteiger partial charge in [-0.2, -0.15) is 5.10 Å². The SMILES string of the molecule is O=C(NCc1ccn[nH]1)C(=O)N1CCc2ccc(Br)cc21. The van der Waals surface area contributed by atoms with E-state index in [2.05, 4.69) is 31.4 Å². The van der Waals surface area contributed by atoms with Crippen LogP contribution in [0.1, 0.15) is 11.3 Å². The second-order valence-electron chi connectivity index (χ2n) is 4.74. The van der Waals surface area contributed by atoms with Crippen molar-refractivity contribution in [2.75, 3.05) is 11.4 Å². The molecule has 21 heavy (non-hydrogen) atoms. The molecule has 0 radical (unpaired) electrons. The smallest absolute Gasteiger partial charge is 0.316 e. The molecule has 1 aromatic heterocycles. The van der Waals surface area contributed by atoms with Gasteiger partial charge < -0.3 is 10.2 Å². The van der Waals surface area contributed by atoms with Crippen molar-refractivity contribution in [1.82, 2.24) is 15.5 Å². The number of rotatable bonds is 2. The van der Waals surface area contributed by atoms with Gasteiger partial charge >= 0.3 is 11.8 Å². The van der Waals surface area contributed by atoms with Gasteiger partial charge in [0, 0.05) is 22.9 Å². The molecule has 0 bridgehead atoms. The lowest BCUT2D eigenvalue weighted by atomic mass is 10.2. The average Bonchev–Trinajstić information content (AvgIpc) is 3.12. The van der Waals surface area contributed by atoms with Gasteiger partial charge in [0.15, 0.2) is 0 Å². The Morgan fingerprint density at radius 1 is 1.38 bits per heavy atom. The Balaban J connectivity index is 1.69. The fourth-order valence-corrected chi connectivity index (χ4v) is 2.67. The number of amides is 2. The van der Waals surface area contributed by atoms with E-state index >= 15 is 0 Å². The number of halogens is 1. The number of nitrogens with one attached hydrogen (secondary N) is 2. The number of fused-ring (bicyclic) bond motifs is 1. The van der Waals surface area contributed by atoms with Crippen molar-refractivity contribution in [1.29, 1.82) is 0 Å². The maximum absolute atomic E-state index is 12.3. The van der Waals surface area contributed by atoms with E-state index < -0.39 is 11.8 Å². The minimum absolute atomic E-state index is 0.254. The molecule has 0 unspecified atom stereocenters. The molecule has 1 aliphatic rings. The van der Waals surface area contributed by atoms with Crippen LogP contribution < -0.4 is 10.2 Å². The number of hydrogen-bond donors (Lipinski definition) is 2. The molecule has 2 N–H and O–H groups in total. The third kappa shape index (κ3) is 2.82. The Hall–Kier alpha value is -2.15. The number of carbonyl (C=O) groups is 2. The summed E-state index contributed by atoms with van der Waals surface area (Å²) in [7, 11) is 0. The molecule has 0 fully saturated rings. The van der Waals surface area contributed by atoms with Gasteiger partial charge in [0.1, 0.15) is 0 Å². The Bertz CT molecular complexity index is 684. The van der Waals surface area contributed by atoms with Gasteiger partial charge in [-0.25, -0.2) is 0 Å². The lowest BCUT2D eigenvalue weighted by Crippen LogP contribution is -2.42. The summed E-state index contributed by atoms with van der Waals surface area (Å²) in [5.74, 6) is -1.15. The first-order valence-electron chi connectivity index (χ1n) is 6.51. The van der Waals surface area contributed by atoms with Crippen LogP contribution >= 0.6 is 15.9 Å². The van der Waals surface area contributed by atoms with E-state index in [4.69, 9.17) is 0 Å². The van der Waals surface area contributed by atoms with Crippen molar-refractivity contribution in [2.45, 2.75) is 13.0 Å². The van der Waals surface area contributed by atoms with E-state index in [9.17, 15) is 9.59 Å². The number of H-pyrrole nitrogens is 1. The number of aromatic nitrogens is 2. The third-order valence-corrected chi connectivity index (χ3v) is 3.87. The topological polar surface area (TPSA) is 78.1 Å². The molecule has 1 aromatic carbocycles. The van der Waals surface area contributed by atoms with Crippen molar-refractivity contribution in [3.63, 3.8) is 0 Å². The van der Waals surface area contributed by atoms with Gasteiger partial charge in [-0.3, -0.25) is 14.7 Å². The molecule has 1 aliphatic heterocycles. The molecular formula is C14H13BrN4O2. The number of benzene rings is 1. The van der Waals surface area contributed by atoms with Crippen LogP contribution in [0.4, 0.5) is 5.69 Å². The van der Waals surface area contributed by atoms with E-state index in [1.165, 1.54) is 4.90 Å². The van der Waals surface area contributed by atoms with Crippen molar-refractivity contribution in [3.05, 3.63) is 46.2 Å². The van der Waals surface area contributed by atoms with Crippen LogP contribution in [0.3, 0.4) is 0 Å². The van der Waals surface area contributed by atoms with Gasteiger partial charge in [0.05, 0.1) is 12.2 Å². The largest absolute Gasteiger partial charge is 0.342 e.